The average Bonchev–Trinajstić information content (AvgIpc) is 2.99. The van der Waals surface area contributed by atoms with Crippen LogP contribution in [-0.4, -0.2) is 38.6 Å². The van der Waals surface area contributed by atoms with Gasteiger partial charge in [-0.3, -0.25) is 9.59 Å². The van der Waals surface area contributed by atoms with E-state index in [2.05, 4.69) is 15.2 Å². The van der Waals surface area contributed by atoms with Crippen molar-refractivity contribution in [3.05, 3.63) is 41.3 Å². The quantitative estimate of drug-likeness (QED) is 0.592. The van der Waals surface area contributed by atoms with Crippen LogP contribution in [0.25, 0.3) is 0 Å². The molecule has 0 aliphatic carbocycles. The zero-order valence-corrected chi connectivity index (χ0v) is 17.6. The first-order chi connectivity index (χ1) is 13.6. The third-order valence-electron chi connectivity index (χ3n) is 4.08. The lowest BCUT2D eigenvalue weighted by atomic mass is 10.0. The van der Waals surface area contributed by atoms with Crippen molar-refractivity contribution in [2.24, 2.45) is 0 Å². The number of para-hydroxylation sites is 1. The number of nitrogens with zero attached hydrogens (tertiary/aromatic N) is 1. The van der Waals surface area contributed by atoms with Gasteiger partial charge in [-0.15, -0.1) is 0 Å². The number of hydrogen-bond acceptors (Lipinski definition) is 7. The van der Waals surface area contributed by atoms with Gasteiger partial charge < -0.3 is 14.6 Å². The molecular weight excluding hydrogens is 398 g/mol. The number of rotatable bonds is 9. The summed E-state index contributed by atoms with van der Waals surface area (Å²) >= 11 is 0. The highest BCUT2D eigenvalue weighted by Gasteiger charge is 2.24. The predicted octanol–water partition coefficient (Wildman–Crippen LogP) is 2.27. The third-order valence-corrected chi connectivity index (χ3v) is 5.78. The number of benzene rings is 1. The Morgan fingerprint density at radius 2 is 1.90 bits per heavy atom. The Labute approximate surface area is 169 Å². The van der Waals surface area contributed by atoms with Crippen molar-refractivity contribution in [2.75, 3.05) is 18.5 Å². The molecule has 0 unspecified atom stereocenters. The van der Waals surface area contributed by atoms with E-state index in [0.717, 1.165) is 5.56 Å². The molecule has 2 N–H and O–H groups in total. The van der Waals surface area contributed by atoms with E-state index >= 15 is 0 Å². The molecule has 0 saturated heterocycles. The van der Waals surface area contributed by atoms with Gasteiger partial charge in [-0.05, 0) is 31.4 Å². The number of ether oxygens (including phenoxy) is 1. The fraction of sp³-hybridized carbons (Fsp3) is 0.421. The molecule has 1 aromatic heterocycles. The van der Waals surface area contributed by atoms with Crippen LogP contribution in [0.4, 0.5) is 5.69 Å². The molecule has 1 amide bonds. The van der Waals surface area contributed by atoms with Crippen LogP contribution in [0, 0.1) is 13.8 Å². The summed E-state index contributed by atoms with van der Waals surface area (Å²) in [5.74, 6) is -0.780. The Kier molecular flexibility index (Phi) is 7.52. The summed E-state index contributed by atoms with van der Waals surface area (Å²) in [7, 11) is -3.85. The van der Waals surface area contributed by atoms with Gasteiger partial charge in [-0.1, -0.05) is 37.2 Å². The number of aromatic nitrogens is 1. The molecule has 0 aliphatic rings. The van der Waals surface area contributed by atoms with Crippen LogP contribution in [-0.2, 0) is 24.3 Å². The van der Waals surface area contributed by atoms with E-state index in [1.165, 1.54) is 13.8 Å². The van der Waals surface area contributed by atoms with Gasteiger partial charge in [0.2, 0.25) is 10.0 Å². The van der Waals surface area contributed by atoms with Crippen LogP contribution in [0.5, 0.6) is 0 Å². The maximum Gasteiger partial charge on any atom is 0.307 e. The minimum Gasteiger partial charge on any atom is -0.456 e. The van der Waals surface area contributed by atoms with Crippen LogP contribution in [0.15, 0.2) is 33.7 Å². The number of sulfonamides is 1. The molecule has 0 bridgehead atoms. The van der Waals surface area contributed by atoms with E-state index in [0.29, 0.717) is 5.69 Å². The van der Waals surface area contributed by atoms with Gasteiger partial charge in [-0.2, -0.15) is 0 Å². The van der Waals surface area contributed by atoms with E-state index in [1.807, 2.05) is 26.0 Å². The lowest BCUT2D eigenvalue weighted by Crippen LogP contribution is -2.28. The normalized spacial score (nSPS) is 11.5. The number of anilines is 1. The van der Waals surface area contributed by atoms with Crippen LogP contribution >= 0.6 is 0 Å². The minimum absolute atomic E-state index is 0.0472. The number of amides is 1. The monoisotopic (exact) mass is 423 g/mol. The topological polar surface area (TPSA) is 128 Å². The molecule has 9 nitrogen and oxygen atoms in total. The summed E-state index contributed by atoms with van der Waals surface area (Å²) in [4.78, 5) is 23.8. The van der Waals surface area contributed by atoms with E-state index in [9.17, 15) is 18.0 Å². The molecule has 0 aliphatic heterocycles. The summed E-state index contributed by atoms with van der Waals surface area (Å²) in [5.41, 5.74) is 1.87. The molecule has 29 heavy (non-hydrogen) atoms. The van der Waals surface area contributed by atoms with E-state index in [-0.39, 0.29) is 35.2 Å². The van der Waals surface area contributed by atoms with Crippen molar-refractivity contribution in [3.63, 3.8) is 0 Å². The number of hydrogen-bond donors (Lipinski definition) is 2. The largest absolute Gasteiger partial charge is 0.456 e. The van der Waals surface area contributed by atoms with Crippen LogP contribution in [0.2, 0.25) is 0 Å². The van der Waals surface area contributed by atoms with E-state index < -0.39 is 28.5 Å². The summed E-state index contributed by atoms with van der Waals surface area (Å²) in [6, 6.07) is 7.38. The van der Waals surface area contributed by atoms with Gasteiger partial charge in [0.25, 0.3) is 5.91 Å². The van der Waals surface area contributed by atoms with Gasteiger partial charge in [0, 0.05) is 12.2 Å². The molecule has 1 heterocycles. The number of carbonyl (C=O) groups excluding carboxylic acids is 2. The summed E-state index contributed by atoms with van der Waals surface area (Å²) < 4.78 is 36.5. The van der Waals surface area contributed by atoms with Crippen LogP contribution in [0.1, 0.15) is 43.2 Å². The van der Waals surface area contributed by atoms with Crippen LogP contribution in [0.3, 0.4) is 0 Å². The van der Waals surface area contributed by atoms with Crippen molar-refractivity contribution >= 4 is 27.6 Å². The fourth-order valence-corrected chi connectivity index (χ4v) is 4.09. The molecule has 158 valence electrons. The van der Waals surface area contributed by atoms with Crippen molar-refractivity contribution in [1.29, 1.82) is 0 Å². The Hall–Kier alpha value is -2.72. The smallest absolute Gasteiger partial charge is 0.307 e. The second-order valence-corrected chi connectivity index (χ2v) is 8.46. The van der Waals surface area contributed by atoms with Crippen molar-refractivity contribution in [3.8, 4) is 0 Å². The standard InChI is InChI=1S/C19H25N3O6S/c1-12(2)15-7-5-6-8-16(15)21-17(23)11-27-18(24)9-10-20-29(25,26)19-13(3)22-28-14(19)4/h5-8,12,20H,9-11H2,1-4H3,(H,21,23). The Morgan fingerprint density at radius 1 is 1.21 bits per heavy atom. The lowest BCUT2D eigenvalue weighted by molar-refractivity contribution is -0.147. The molecule has 2 rings (SSSR count). The highest BCUT2D eigenvalue weighted by molar-refractivity contribution is 7.89. The average molecular weight is 423 g/mol. The second kappa shape index (κ2) is 9.66. The molecule has 0 saturated carbocycles. The molecule has 0 atom stereocenters. The maximum atomic E-state index is 12.2. The summed E-state index contributed by atoms with van der Waals surface area (Å²) in [5, 5.41) is 6.31. The second-order valence-electron chi connectivity index (χ2n) is 6.75. The number of aryl methyl sites for hydroxylation is 2. The first kappa shape index (κ1) is 22.6. The first-order valence-corrected chi connectivity index (χ1v) is 10.6. The summed E-state index contributed by atoms with van der Waals surface area (Å²) in [6.45, 7) is 6.38. The first-order valence-electron chi connectivity index (χ1n) is 9.08. The van der Waals surface area contributed by atoms with Crippen molar-refractivity contribution in [1.82, 2.24) is 9.88 Å². The lowest BCUT2D eigenvalue weighted by Gasteiger charge is -2.13. The predicted molar refractivity (Wildman–Crippen MR) is 106 cm³/mol. The highest BCUT2D eigenvalue weighted by atomic mass is 32.2. The van der Waals surface area contributed by atoms with E-state index in [1.54, 1.807) is 12.1 Å². The third kappa shape index (κ3) is 6.13. The van der Waals surface area contributed by atoms with Gasteiger partial charge in [-0.25, -0.2) is 13.1 Å². The van der Waals surface area contributed by atoms with Gasteiger partial charge in [0.15, 0.2) is 12.4 Å². The Balaban J connectivity index is 1.80. The molecular formula is C19H25N3O6S. The van der Waals surface area contributed by atoms with E-state index in [4.69, 9.17) is 9.26 Å². The van der Waals surface area contributed by atoms with Crippen molar-refractivity contribution in [2.45, 2.75) is 44.9 Å². The van der Waals surface area contributed by atoms with Crippen LogP contribution < -0.4 is 10.0 Å². The fourth-order valence-electron chi connectivity index (χ4n) is 2.74. The summed E-state index contributed by atoms with van der Waals surface area (Å²) in [6.07, 6.45) is -0.224. The molecule has 10 heteroatoms. The minimum atomic E-state index is -3.85. The molecule has 2 aromatic rings. The van der Waals surface area contributed by atoms with Gasteiger partial charge >= 0.3 is 5.97 Å². The molecule has 0 spiro atoms. The Morgan fingerprint density at radius 3 is 2.52 bits per heavy atom. The zero-order chi connectivity index (χ0) is 21.6. The maximum absolute atomic E-state index is 12.2. The number of carbonyl (C=O) groups is 2. The SMILES string of the molecule is Cc1noc(C)c1S(=O)(=O)NCCC(=O)OCC(=O)Nc1ccccc1C(C)C. The zero-order valence-electron chi connectivity index (χ0n) is 16.8. The molecule has 0 fully saturated rings. The number of esters is 1. The van der Waals surface area contributed by atoms with Gasteiger partial charge in [0.1, 0.15) is 10.6 Å². The molecule has 0 radical (unpaired) electrons. The number of nitrogens with one attached hydrogen (secondary N) is 2. The Bertz CT molecular complexity index is 962. The van der Waals surface area contributed by atoms with Crippen molar-refractivity contribution < 1.29 is 27.3 Å². The molecule has 1 aromatic carbocycles. The van der Waals surface area contributed by atoms with Gasteiger partial charge in [0.05, 0.1) is 6.42 Å². The highest BCUT2D eigenvalue weighted by Crippen LogP contribution is 2.23.